The Morgan fingerprint density at radius 2 is 1.68 bits per heavy atom. The van der Waals surface area contributed by atoms with Gasteiger partial charge in [0.15, 0.2) is 0 Å². The number of hydrogen-bond acceptors (Lipinski definition) is 4. The number of carbonyl (C=O) groups excluding carboxylic acids is 1. The molecule has 0 radical (unpaired) electrons. The minimum Gasteiger partial charge on any atom is -0.478 e. The van der Waals surface area contributed by atoms with E-state index >= 15 is 0 Å². The number of rotatable bonds is 5. The number of carboxylic acids is 1. The smallest absolute Gasteiger partial charge is 0.336 e. The van der Waals surface area contributed by atoms with Crippen molar-refractivity contribution in [2.75, 3.05) is 0 Å². The molecule has 1 aromatic heterocycles. The molecule has 0 saturated carbocycles. The molecule has 2 aromatic carbocycles. The molecule has 3 rings (SSSR count). The number of carbonyl (C=O) groups is 2. The summed E-state index contributed by atoms with van der Waals surface area (Å²) in [6.45, 7) is 0. The highest BCUT2D eigenvalue weighted by atomic mass is 16.4. The van der Waals surface area contributed by atoms with E-state index in [2.05, 4.69) is 10.5 Å². The van der Waals surface area contributed by atoms with Crippen LogP contribution >= 0.6 is 0 Å². The molecule has 3 aromatic rings. The van der Waals surface area contributed by atoms with Gasteiger partial charge in [-0.1, -0.05) is 36.4 Å². The number of hydrogen-bond donors (Lipinski definition) is 2. The monoisotopic (exact) mass is 334 g/mol. The molecule has 1 amide bonds. The number of aromatic carboxylic acids is 1. The van der Waals surface area contributed by atoms with Gasteiger partial charge in [0.25, 0.3) is 5.91 Å². The third kappa shape index (κ3) is 3.81. The number of nitrogens with one attached hydrogen (secondary N) is 1. The van der Waals surface area contributed by atoms with Crippen LogP contribution in [0.1, 0.15) is 26.5 Å². The SMILES string of the molecule is O=C(NN=Cc1ccc(-c2ccccc2C(=O)O)o1)c1ccccc1. The van der Waals surface area contributed by atoms with Crippen molar-refractivity contribution in [3.63, 3.8) is 0 Å². The lowest BCUT2D eigenvalue weighted by Gasteiger charge is -2.01. The predicted octanol–water partition coefficient (Wildman–Crippen LogP) is 3.41. The van der Waals surface area contributed by atoms with E-state index in [1.807, 2.05) is 6.07 Å². The lowest BCUT2D eigenvalue weighted by molar-refractivity contribution is 0.0697. The van der Waals surface area contributed by atoms with E-state index in [1.54, 1.807) is 54.6 Å². The first kappa shape index (κ1) is 16.2. The van der Waals surface area contributed by atoms with E-state index in [9.17, 15) is 14.7 Å². The number of furan rings is 1. The number of nitrogens with zero attached hydrogens (tertiary/aromatic N) is 1. The Morgan fingerprint density at radius 3 is 2.44 bits per heavy atom. The maximum atomic E-state index is 11.9. The van der Waals surface area contributed by atoms with E-state index in [1.165, 1.54) is 12.3 Å². The van der Waals surface area contributed by atoms with Crippen molar-refractivity contribution in [1.29, 1.82) is 0 Å². The summed E-state index contributed by atoms with van der Waals surface area (Å²) >= 11 is 0. The number of benzene rings is 2. The van der Waals surface area contributed by atoms with Gasteiger partial charge in [0.2, 0.25) is 0 Å². The fourth-order valence-corrected chi connectivity index (χ4v) is 2.26. The van der Waals surface area contributed by atoms with Crippen LogP contribution in [0.4, 0.5) is 0 Å². The second-order valence-electron chi connectivity index (χ2n) is 5.12. The van der Waals surface area contributed by atoms with E-state index in [-0.39, 0.29) is 11.5 Å². The molecule has 0 spiro atoms. The molecule has 2 N–H and O–H groups in total. The van der Waals surface area contributed by atoms with Crippen LogP contribution in [-0.4, -0.2) is 23.2 Å². The quantitative estimate of drug-likeness (QED) is 0.552. The molecule has 25 heavy (non-hydrogen) atoms. The highest BCUT2D eigenvalue weighted by Gasteiger charge is 2.13. The highest BCUT2D eigenvalue weighted by Crippen LogP contribution is 2.25. The van der Waals surface area contributed by atoms with E-state index < -0.39 is 5.97 Å². The number of hydrazone groups is 1. The number of amides is 1. The van der Waals surface area contributed by atoms with E-state index in [0.29, 0.717) is 22.6 Å². The normalized spacial score (nSPS) is 10.7. The molecule has 0 aliphatic heterocycles. The molecular formula is C19H14N2O4. The fraction of sp³-hybridized carbons (Fsp3) is 0. The van der Waals surface area contributed by atoms with Crippen LogP contribution in [0.2, 0.25) is 0 Å². The third-order valence-corrected chi connectivity index (χ3v) is 3.44. The Labute approximate surface area is 143 Å². The van der Waals surface area contributed by atoms with Crippen molar-refractivity contribution in [1.82, 2.24) is 5.43 Å². The summed E-state index contributed by atoms with van der Waals surface area (Å²) < 4.78 is 5.58. The average Bonchev–Trinajstić information content (AvgIpc) is 3.11. The van der Waals surface area contributed by atoms with Crippen LogP contribution in [-0.2, 0) is 0 Å². The topological polar surface area (TPSA) is 91.9 Å². The Kier molecular flexibility index (Phi) is 4.71. The second kappa shape index (κ2) is 7.27. The molecule has 6 heteroatoms. The van der Waals surface area contributed by atoms with Gasteiger partial charge in [-0.2, -0.15) is 5.10 Å². The molecule has 6 nitrogen and oxygen atoms in total. The molecular weight excluding hydrogens is 320 g/mol. The maximum Gasteiger partial charge on any atom is 0.336 e. The molecule has 0 aliphatic rings. The molecule has 0 unspecified atom stereocenters. The summed E-state index contributed by atoms with van der Waals surface area (Å²) in [6, 6.07) is 18.6. The van der Waals surface area contributed by atoms with Crippen molar-refractivity contribution < 1.29 is 19.1 Å². The Morgan fingerprint density at radius 1 is 0.960 bits per heavy atom. The van der Waals surface area contributed by atoms with Crippen LogP contribution in [0.5, 0.6) is 0 Å². The van der Waals surface area contributed by atoms with Crippen molar-refractivity contribution in [3.05, 3.63) is 83.6 Å². The van der Waals surface area contributed by atoms with Gasteiger partial charge >= 0.3 is 5.97 Å². The van der Waals surface area contributed by atoms with Crippen molar-refractivity contribution in [2.45, 2.75) is 0 Å². The highest BCUT2D eigenvalue weighted by molar-refractivity contribution is 5.96. The Bertz CT molecular complexity index is 929. The molecule has 124 valence electrons. The minimum absolute atomic E-state index is 0.151. The van der Waals surface area contributed by atoms with E-state index in [4.69, 9.17) is 4.42 Å². The standard InChI is InChI=1S/C19H14N2O4/c22-18(13-6-2-1-3-7-13)21-20-12-14-10-11-17(25-14)15-8-4-5-9-16(15)19(23)24/h1-12H,(H,21,22)(H,23,24). The second-order valence-corrected chi connectivity index (χ2v) is 5.12. The van der Waals surface area contributed by atoms with Crippen LogP contribution in [0, 0.1) is 0 Å². The molecule has 0 bridgehead atoms. The molecule has 1 heterocycles. The fourth-order valence-electron chi connectivity index (χ4n) is 2.26. The molecule has 0 aliphatic carbocycles. The van der Waals surface area contributed by atoms with Gasteiger partial charge in [0.05, 0.1) is 11.8 Å². The third-order valence-electron chi connectivity index (χ3n) is 3.44. The predicted molar refractivity (Wildman–Crippen MR) is 92.6 cm³/mol. The lowest BCUT2D eigenvalue weighted by Crippen LogP contribution is -2.17. The first-order valence-corrected chi connectivity index (χ1v) is 7.46. The zero-order valence-electron chi connectivity index (χ0n) is 13.0. The first-order chi connectivity index (χ1) is 12.1. The van der Waals surface area contributed by atoms with Crippen LogP contribution < -0.4 is 5.43 Å². The summed E-state index contributed by atoms with van der Waals surface area (Å²) in [7, 11) is 0. The largest absolute Gasteiger partial charge is 0.478 e. The van der Waals surface area contributed by atoms with Crippen LogP contribution in [0.3, 0.4) is 0 Å². The minimum atomic E-state index is -1.03. The summed E-state index contributed by atoms with van der Waals surface area (Å²) in [6.07, 6.45) is 1.35. The average molecular weight is 334 g/mol. The first-order valence-electron chi connectivity index (χ1n) is 7.46. The van der Waals surface area contributed by atoms with E-state index in [0.717, 1.165) is 0 Å². The van der Waals surface area contributed by atoms with Crippen LogP contribution in [0.15, 0.2) is 76.2 Å². The molecule has 0 fully saturated rings. The van der Waals surface area contributed by atoms with Gasteiger partial charge in [0, 0.05) is 11.1 Å². The van der Waals surface area contributed by atoms with Crippen LogP contribution in [0.25, 0.3) is 11.3 Å². The van der Waals surface area contributed by atoms with Crippen molar-refractivity contribution in [2.24, 2.45) is 5.10 Å². The summed E-state index contributed by atoms with van der Waals surface area (Å²) in [5, 5.41) is 13.1. The van der Waals surface area contributed by atoms with Gasteiger partial charge in [-0.3, -0.25) is 4.79 Å². The van der Waals surface area contributed by atoms with Gasteiger partial charge in [-0.15, -0.1) is 0 Å². The molecule has 0 atom stereocenters. The Hall–Kier alpha value is -3.67. The Balaban J connectivity index is 1.72. The maximum absolute atomic E-state index is 11.9. The van der Waals surface area contributed by atoms with Crippen molar-refractivity contribution >= 4 is 18.1 Å². The summed E-state index contributed by atoms with van der Waals surface area (Å²) in [4.78, 5) is 23.1. The van der Waals surface area contributed by atoms with Gasteiger partial charge in [-0.25, -0.2) is 10.2 Å². The summed E-state index contributed by atoms with van der Waals surface area (Å²) in [5.41, 5.74) is 3.52. The number of carboxylic acid groups (broad SMARTS) is 1. The van der Waals surface area contributed by atoms with Gasteiger partial charge < -0.3 is 9.52 Å². The summed E-state index contributed by atoms with van der Waals surface area (Å²) in [5.74, 6) is -0.561. The lowest BCUT2D eigenvalue weighted by atomic mass is 10.1. The zero-order chi connectivity index (χ0) is 17.6. The zero-order valence-corrected chi connectivity index (χ0v) is 13.0. The van der Waals surface area contributed by atoms with Gasteiger partial charge in [0.1, 0.15) is 11.5 Å². The molecule has 0 saturated heterocycles. The van der Waals surface area contributed by atoms with Gasteiger partial charge in [-0.05, 0) is 30.3 Å². The van der Waals surface area contributed by atoms with Crippen molar-refractivity contribution in [3.8, 4) is 11.3 Å².